The van der Waals surface area contributed by atoms with Gasteiger partial charge in [0.1, 0.15) is 0 Å². The second-order valence-electron chi connectivity index (χ2n) is 1.95. The summed E-state index contributed by atoms with van der Waals surface area (Å²) in [4.78, 5) is 10.1. The molecule has 0 aromatic rings. The molecule has 0 aromatic heterocycles. The van der Waals surface area contributed by atoms with E-state index in [9.17, 15) is 4.79 Å². The second-order valence-corrected chi connectivity index (χ2v) is 1.95. The number of aldehydes is 1. The molecule has 1 heterocycles. The highest BCUT2D eigenvalue weighted by Crippen LogP contribution is 2.02. The summed E-state index contributed by atoms with van der Waals surface area (Å²) in [6, 6.07) is 0. The fourth-order valence-corrected chi connectivity index (χ4v) is 0.730. The number of ether oxygens (including phenoxy) is 2. The molecule has 0 amide bonds. The minimum Gasteiger partial charge on any atom is -0.346 e. The van der Waals surface area contributed by atoms with Crippen LogP contribution >= 0.6 is 0 Å². The van der Waals surface area contributed by atoms with Crippen LogP contribution < -0.4 is 0 Å². The minimum absolute atomic E-state index is 0.604. The molecule has 0 aliphatic carbocycles. The first kappa shape index (κ1) is 6.71. The maximum absolute atomic E-state index is 10.1. The molecule has 52 valence electrons. The highest BCUT2D eigenvalue weighted by molar-refractivity contribution is 5.53. The molecule has 1 fully saturated rings. The Kier molecular flexibility index (Phi) is 2.67. The van der Waals surface area contributed by atoms with Gasteiger partial charge in [0.25, 0.3) is 0 Å². The molecule has 0 saturated carbocycles. The minimum atomic E-state index is -0.604. The monoisotopic (exact) mass is 130 g/mol. The van der Waals surface area contributed by atoms with E-state index in [0.717, 1.165) is 12.8 Å². The Labute approximate surface area is 53.9 Å². The molecule has 9 heavy (non-hydrogen) atoms. The van der Waals surface area contributed by atoms with E-state index in [1.165, 1.54) is 0 Å². The van der Waals surface area contributed by atoms with Gasteiger partial charge in [0, 0.05) is 0 Å². The van der Waals surface area contributed by atoms with Gasteiger partial charge in [0.15, 0.2) is 6.29 Å². The van der Waals surface area contributed by atoms with Gasteiger partial charge in [-0.25, -0.2) is 0 Å². The Morgan fingerprint density at radius 2 is 1.78 bits per heavy atom. The maximum Gasteiger partial charge on any atom is 0.214 e. The highest BCUT2D eigenvalue weighted by atomic mass is 16.7. The van der Waals surface area contributed by atoms with Crippen LogP contribution in [0.5, 0.6) is 0 Å². The van der Waals surface area contributed by atoms with E-state index < -0.39 is 6.29 Å². The third-order valence-corrected chi connectivity index (χ3v) is 1.21. The number of hydrogen-bond acceptors (Lipinski definition) is 3. The molecule has 0 atom stereocenters. The number of rotatable bonds is 1. The summed E-state index contributed by atoms with van der Waals surface area (Å²) in [7, 11) is 0. The predicted octanol–water partition coefficient (Wildman–Crippen LogP) is 0.338. The van der Waals surface area contributed by atoms with E-state index in [1.807, 2.05) is 0 Å². The Morgan fingerprint density at radius 3 is 2.22 bits per heavy atom. The predicted molar refractivity (Wildman–Crippen MR) is 31.0 cm³/mol. The van der Waals surface area contributed by atoms with Crippen molar-refractivity contribution in [3.05, 3.63) is 0 Å². The van der Waals surface area contributed by atoms with Crippen LogP contribution in [0.25, 0.3) is 0 Å². The van der Waals surface area contributed by atoms with Crippen LogP contribution in [0.3, 0.4) is 0 Å². The SMILES string of the molecule is O=CC1OCCCCO1. The van der Waals surface area contributed by atoms with Gasteiger partial charge in [-0.2, -0.15) is 0 Å². The van der Waals surface area contributed by atoms with Crippen molar-refractivity contribution in [2.45, 2.75) is 19.1 Å². The fourth-order valence-electron chi connectivity index (χ4n) is 0.730. The van der Waals surface area contributed by atoms with E-state index in [0.29, 0.717) is 19.5 Å². The molecule has 0 spiro atoms. The Bertz CT molecular complexity index is 84.3. The molecule has 3 heteroatoms. The first-order valence-corrected chi connectivity index (χ1v) is 3.12. The van der Waals surface area contributed by atoms with Crippen molar-refractivity contribution in [2.24, 2.45) is 0 Å². The van der Waals surface area contributed by atoms with Gasteiger partial charge in [-0.05, 0) is 12.8 Å². The number of carbonyl (C=O) groups is 1. The molecule has 0 aromatic carbocycles. The summed E-state index contributed by atoms with van der Waals surface area (Å²) in [5, 5.41) is 0. The Balaban J connectivity index is 2.26. The van der Waals surface area contributed by atoms with E-state index in [1.54, 1.807) is 0 Å². The standard InChI is InChI=1S/C6H10O3/c7-5-6-8-3-1-2-4-9-6/h5-6H,1-4H2. The molecular weight excluding hydrogens is 120 g/mol. The van der Waals surface area contributed by atoms with E-state index >= 15 is 0 Å². The highest BCUT2D eigenvalue weighted by Gasteiger charge is 2.09. The Morgan fingerprint density at radius 1 is 1.22 bits per heavy atom. The number of hydrogen-bond donors (Lipinski definition) is 0. The third-order valence-electron chi connectivity index (χ3n) is 1.21. The van der Waals surface area contributed by atoms with Crippen LogP contribution in [0.15, 0.2) is 0 Å². The smallest absolute Gasteiger partial charge is 0.214 e. The summed E-state index contributed by atoms with van der Waals surface area (Å²) < 4.78 is 9.92. The van der Waals surface area contributed by atoms with Gasteiger partial charge in [-0.15, -0.1) is 0 Å². The van der Waals surface area contributed by atoms with Gasteiger partial charge in [-0.3, -0.25) is 4.79 Å². The van der Waals surface area contributed by atoms with Crippen molar-refractivity contribution in [3.8, 4) is 0 Å². The molecule has 3 nitrogen and oxygen atoms in total. The average Bonchev–Trinajstić information content (AvgIpc) is 2.13. The van der Waals surface area contributed by atoms with E-state index in [2.05, 4.69) is 0 Å². The summed E-state index contributed by atoms with van der Waals surface area (Å²) in [6.07, 6.45) is 2.06. The van der Waals surface area contributed by atoms with Crippen molar-refractivity contribution in [1.29, 1.82) is 0 Å². The topological polar surface area (TPSA) is 35.5 Å². The largest absolute Gasteiger partial charge is 0.346 e. The maximum atomic E-state index is 10.1. The van der Waals surface area contributed by atoms with Gasteiger partial charge < -0.3 is 9.47 Å². The summed E-state index contributed by atoms with van der Waals surface area (Å²) in [6.45, 7) is 1.28. The lowest BCUT2D eigenvalue weighted by atomic mass is 10.3. The quantitative estimate of drug-likeness (QED) is 0.480. The summed E-state index contributed by atoms with van der Waals surface area (Å²) >= 11 is 0. The lowest BCUT2D eigenvalue weighted by Crippen LogP contribution is -2.16. The first-order chi connectivity index (χ1) is 4.43. The molecule has 1 aliphatic rings. The second kappa shape index (κ2) is 3.58. The molecular formula is C6H10O3. The van der Waals surface area contributed by atoms with Crippen molar-refractivity contribution in [3.63, 3.8) is 0 Å². The molecule has 0 bridgehead atoms. The van der Waals surface area contributed by atoms with Crippen LogP contribution in [0.1, 0.15) is 12.8 Å². The van der Waals surface area contributed by atoms with Crippen LogP contribution in [0.2, 0.25) is 0 Å². The molecule has 1 rings (SSSR count). The van der Waals surface area contributed by atoms with Crippen LogP contribution in [-0.2, 0) is 14.3 Å². The van der Waals surface area contributed by atoms with Crippen LogP contribution in [0, 0.1) is 0 Å². The van der Waals surface area contributed by atoms with Crippen molar-refractivity contribution < 1.29 is 14.3 Å². The number of carbonyl (C=O) groups excluding carboxylic acids is 1. The lowest BCUT2D eigenvalue weighted by Gasteiger charge is -2.05. The van der Waals surface area contributed by atoms with Gasteiger partial charge in [0.2, 0.25) is 6.29 Å². The van der Waals surface area contributed by atoms with Gasteiger partial charge in [-0.1, -0.05) is 0 Å². The van der Waals surface area contributed by atoms with Crippen molar-refractivity contribution in [1.82, 2.24) is 0 Å². The molecule has 0 unspecified atom stereocenters. The molecule has 0 radical (unpaired) electrons. The van der Waals surface area contributed by atoms with Crippen molar-refractivity contribution in [2.75, 3.05) is 13.2 Å². The van der Waals surface area contributed by atoms with Gasteiger partial charge in [0.05, 0.1) is 13.2 Å². The lowest BCUT2D eigenvalue weighted by molar-refractivity contribution is -0.151. The third kappa shape index (κ3) is 2.11. The molecule has 0 N–H and O–H groups in total. The van der Waals surface area contributed by atoms with Crippen LogP contribution in [-0.4, -0.2) is 25.8 Å². The summed E-state index contributed by atoms with van der Waals surface area (Å²) in [5.74, 6) is 0. The zero-order valence-corrected chi connectivity index (χ0v) is 5.21. The van der Waals surface area contributed by atoms with E-state index in [-0.39, 0.29) is 0 Å². The normalized spacial score (nSPS) is 23.1. The van der Waals surface area contributed by atoms with Crippen molar-refractivity contribution >= 4 is 6.29 Å². The fraction of sp³-hybridized carbons (Fsp3) is 0.833. The van der Waals surface area contributed by atoms with E-state index in [4.69, 9.17) is 9.47 Å². The molecule has 1 aliphatic heterocycles. The summed E-state index contributed by atoms with van der Waals surface area (Å²) in [5.41, 5.74) is 0. The van der Waals surface area contributed by atoms with Crippen LogP contribution in [0.4, 0.5) is 0 Å². The van der Waals surface area contributed by atoms with Gasteiger partial charge >= 0.3 is 0 Å². The molecule has 1 saturated heterocycles. The first-order valence-electron chi connectivity index (χ1n) is 3.12. The Hall–Kier alpha value is -0.410. The zero-order valence-electron chi connectivity index (χ0n) is 5.21. The zero-order chi connectivity index (χ0) is 6.53. The average molecular weight is 130 g/mol.